The lowest BCUT2D eigenvalue weighted by Crippen LogP contribution is -1.92. The molecule has 2 aromatic heterocycles. The second kappa shape index (κ2) is 4.67. The van der Waals surface area contributed by atoms with E-state index in [9.17, 15) is 0 Å². The van der Waals surface area contributed by atoms with Crippen LogP contribution in [0.2, 0.25) is 5.15 Å². The Labute approximate surface area is 114 Å². The van der Waals surface area contributed by atoms with Crippen molar-refractivity contribution < 1.29 is 0 Å². The second-order valence-corrected chi connectivity index (χ2v) is 5.19. The van der Waals surface area contributed by atoms with Crippen LogP contribution >= 0.6 is 22.9 Å². The van der Waals surface area contributed by atoms with Gasteiger partial charge in [-0.15, -0.1) is 0 Å². The molecule has 0 amide bonds. The van der Waals surface area contributed by atoms with E-state index in [0.29, 0.717) is 11.0 Å². The van der Waals surface area contributed by atoms with E-state index < -0.39 is 0 Å². The van der Waals surface area contributed by atoms with Crippen LogP contribution in [-0.2, 0) is 6.42 Å². The van der Waals surface area contributed by atoms with Gasteiger partial charge in [-0.3, -0.25) is 0 Å². The molecule has 3 aromatic rings. The predicted molar refractivity (Wildman–Crippen MR) is 77.2 cm³/mol. The van der Waals surface area contributed by atoms with E-state index in [4.69, 9.17) is 11.6 Å². The Morgan fingerprint density at radius 3 is 2.83 bits per heavy atom. The van der Waals surface area contributed by atoms with Gasteiger partial charge in [-0.05, 0) is 35.6 Å². The van der Waals surface area contributed by atoms with Gasteiger partial charge >= 0.3 is 0 Å². The van der Waals surface area contributed by atoms with Crippen LogP contribution in [0.4, 0.5) is 0 Å². The van der Waals surface area contributed by atoms with Crippen molar-refractivity contribution >= 4 is 33.8 Å². The Morgan fingerprint density at radius 1 is 1.22 bits per heavy atom. The number of fused-ring (bicyclic) bond motifs is 1. The molecule has 1 aromatic carbocycles. The van der Waals surface area contributed by atoms with Gasteiger partial charge in [-0.1, -0.05) is 24.6 Å². The zero-order valence-electron chi connectivity index (χ0n) is 9.85. The van der Waals surface area contributed by atoms with Gasteiger partial charge < -0.3 is 0 Å². The minimum atomic E-state index is 0.525. The smallest absolute Gasteiger partial charge is 0.162 e. The third-order valence-corrected chi connectivity index (χ3v) is 3.87. The molecule has 2 heterocycles. The van der Waals surface area contributed by atoms with Crippen molar-refractivity contribution in [1.29, 1.82) is 0 Å². The quantitative estimate of drug-likeness (QED) is 0.640. The number of hydrogen-bond donors (Lipinski definition) is 0. The highest BCUT2D eigenvalue weighted by molar-refractivity contribution is 7.08. The molecule has 0 atom stereocenters. The van der Waals surface area contributed by atoms with Crippen LogP contribution in [0.15, 0.2) is 35.0 Å². The molecule has 0 aliphatic heterocycles. The fourth-order valence-electron chi connectivity index (χ4n) is 1.88. The SMILES string of the molecule is CCc1ccc2nc(-c3ccsc3)nc(Cl)c2c1. The molecule has 0 aliphatic carbocycles. The van der Waals surface area contributed by atoms with Crippen LogP contribution in [0.5, 0.6) is 0 Å². The van der Waals surface area contributed by atoms with E-state index in [1.165, 1.54) is 5.56 Å². The standard InChI is InChI=1S/C14H11ClN2S/c1-2-9-3-4-12-11(7-9)13(15)17-14(16-12)10-5-6-18-8-10/h3-8H,2H2,1H3. The Kier molecular flexibility index (Phi) is 3.02. The third-order valence-electron chi connectivity index (χ3n) is 2.90. The highest BCUT2D eigenvalue weighted by atomic mass is 35.5. The third kappa shape index (κ3) is 2.00. The van der Waals surface area contributed by atoms with Gasteiger partial charge in [-0.2, -0.15) is 11.3 Å². The number of aryl methyl sites for hydroxylation is 1. The Balaban J connectivity index is 2.22. The van der Waals surface area contributed by atoms with Crippen LogP contribution in [0.3, 0.4) is 0 Å². The summed E-state index contributed by atoms with van der Waals surface area (Å²) in [5.74, 6) is 0.693. The number of halogens is 1. The lowest BCUT2D eigenvalue weighted by Gasteiger charge is -2.05. The summed E-state index contributed by atoms with van der Waals surface area (Å²) in [4.78, 5) is 8.95. The molecule has 0 saturated carbocycles. The number of aromatic nitrogens is 2. The molecular weight excluding hydrogens is 264 g/mol. The average molecular weight is 275 g/mol. The maximum atomic E-state index is 6.26. The molecule has 18 heavy (non-hydrogen) atoms. The van der Waals surface area contributed by atoms with Crippen molar-refractivity contribution in [2.45, 2.75) is 13.3 Å². The van der Waals surface area contributed by atoms with E-state index in [0.717, 1.165) is 22.9 Å². The lowest BCUT2D eigenvalue weighted by molar-refractivity contribution is 1.14. The summed E-state index contributed by atoms with van der Waals surface area (Å²) in [6.45, 7) is 2.12. The highest BCUT2D eigenvalue weighted by Gasteiger charge is 2.08. The maximum absolute atomic E-state index is 6.26. The first-order valence-electron chi connectivity index (χ1n) is 5.76. The molecular formula is C14H11ClN2S. The molecule has 2 nitrogen and oxygen atoms in total. The monoisotopic (exact) mass is 274 g/mol. The van der Waals surface area contributed by atoms with Gasteiger partial charge in [0.05, 0.1) is 5.52 Å². The molecule has 0 bridgehead atoms. The molecule has 90 valence electrons. The van der Waals surface area contributed by atoms with Crippen LogP contribution in [-0.4, -0.2) is 9.97 Å². The first-order valence-corrected chi connectivity index (χ1v) is 7.08. The molecule has 0 fully saturated rings. The molecule has 4 heteroatoms. The zero-order chi connectivity index (χ0) is 12.5. The number of benzene rings is 1. The van der Waals surface area contributed by atoms with Gasteiger partial charge in [0.15, 0.2) is 5.82 Å². The molecule has 0 saturated heterocycles. The number of hydrogen-bond acceptors (Lipinski definition) is 3. The largest absolute Gasteiger partial charge is 0.228 e. The summed E-state index contributed by atoms with van der Waals surface area (Å²) in [6.07, 6.45) is 0.985. The fraction of sp³-hybridized carbons (Fsp3) is 0.143. The van der Waals surface area contributed by atoms with Gasteiger partial charge in [0.1, 0.15) is 5.15 Å². The molecule has 0 N–H and O–H groups in total. The van der Waals surface area contributed by atoms with Crippen molar-refractivity contribution in [3.63, 3.8) is 0 Å². The normalized spacial score (nSPS) is 11.0. The van der Waals surface area contributed by atoms with Crippen molar-refractivity contribution in [1.82, 2.24) is 9.97 Å². The van der Waals surface area contributed by atoms with Gasteiger partial charge in [0.2, 0.25) is 0 Å². The van der Waals surface area contributed by atoms with Crippen molar-refractivity contribution in [2.75, 3.05) is 0 Å². The van der Waals surface area contributed by atoms with E-state index in [1.807, 2.05) is 22.9 Å². The van der Waals surface area contributed by atoms with Gasteiger partial charge in [0, 0.05) is 16.3 Å². The zero-order valence-corrected chi connectivity index (χ0v) is 11.4. The number of nitrogens with zero attached hydrogens (tertiary/aromatic N) is 2. The van der Waals surface area contributed by atoms with Crippen LogP contribution < -0.4 is 0 Å². The summed E-state index contributed by atoms with van der Waals surface area (Å²) >= 11 is 7.89. The van der Waals surface area contributed by atoms with E-state index >= 15 is 0 Å². The topological polar surface area (TPSA) is 25.8 Å². The lowest BCUT2D eigenvalue weighted by atomic mass is 10.1. The fourth-order valence-corrected chi connectivity index (χ4v) is 2.74. The molecule has 0 spiro atoms. The molecule has 0 aliphatic rings. The predicted octanol–water partition coefficient (Wildman–Crippen LogP) is 4.57. The summed E-state index contributed by atoms with van der Waals surface area (Å²) in [6, 6.07) is 8.16. The average Bonchev–Trinajstić information content (AvgIpc) is 2.92. The summed E-state index contributed by atoms with van der Waals surface area (Å²) in [7, 11) is 0. The van der Waals surface area contributed by atoms with E-state index in [1.54, 1.807) is 11.3 Å². The maximum Gasteiger partial charge on any atom is 0.162 e. The van der Waals surface area contributed by atoms with E-state index in [-0.39, 0.29) is 0 Å². The van der Waals surface area contributed by atoms with Crippen molar-refractivity contribution in [3.8, 4) is 11.4 Å². The summed E-state index contributed by atoms with van der Waals surface area (Å²) in [5.41, 5.74) is 3.16. The molecule has 0 radical (unpaired) electrons. The second-order valence-electron chi connectivity index (χ2n) is 4.06. The highest BCUT2D eigenvalue weighted by Crippen LogP contribution is 2.26. The number of thiophene rings is 1. The minimum Gasteiger partial charge on any atom is -0.228 e. The van der Waals surface area contributed by atoms with Crippen molar-refractivity contribution in [3.05, 3.63) is 45.7 Å². The first kappa shape index (κ1) is 11.6. The molecule has 3 rings (SSSR count). The van der Waals surface area contributed by atoms with E-state index in [2.05, 4.69) is 29.0 Å². The Morgan fingerprint density at radius 2 is 2.11 bits per heavy atom. The Hall–Kier alpha value is -1.45. The Bertz CT molecular complexity index is 692. The minimum absolute atomic E-state index is 0.525. The summed E-state index contributed by atoms with van der Waals surface area (Å²) < 4.78 is 0. The summed E-state index contributed by atoms with van der Waals surface area (Å²) in [5, 5.41) is 5.49. The molecule has 0 unspecified atom stereocenters. The van der Waals surface area contributed by atoms with Gasteiger partial charge in [0.25, 0.3) is 0 Å². The first-order chi connectivity index (χ1) is 8.78. The van der Waals surface area contributed by atoms with Crippen LogP contribution in [0.1, 0.15) is 12.5 Å². The number of rotatable bonds is 2. The van der Waals surface area contributed by atoms with Gasteiger partial charge in [-0.25, -0.2) is 9.97 Å². The van der Waals surface area contributed by atoms with Crippen LogP contribution in [0.25, 0.3) is 22.3 Å². The van der Waals surface area contributed by atoms with Crippen LogP contribution in [0, 0.1) is 0 Å². The van der Waals surface area contributed by atoms with Crippen molar-refractivity contribution in [2.24, 2.45) is 0 Å².